The van der Waals surface area contributed by atoms with Gasteiger partial charge >= 0.3 is 0 Å². The predicted molar refractivity (Wildman–Crippen MR) is 140 cm³/mol. The minimum absolute atomic E-state index is 0.205. The molecule has 0 radical (unpaired) electrons. The highest BCUT2D eigenvalue weighted by molar-refractivity contribution is 5.93. The van der Waals surface area contributed by atoms with Crippen LogP contribution in [0.5, 0.6) is 0 Å². The molecular weight excluding hydrogens is 474 g/mol. The van der Waals surface area contributed by atoms with E-state index in [0.29, 0.717) is 30.9 Å². The Morgan fingerprint density at radius 3 is 2.57 bits per heavy atom. The summed E-state index contributed by atoms with van der Waals surface area (Å²) in [4.78, 5) is 14.1. The van der Waals surface area contributed by atoms with Gasteiger partial charge in [-0.2, -0.15) is 0 Å². The number of piperidine rings is 1. The Bertz CT molecular complexity index is 1200. The molecule has 0 unspecified atom stereocenters. The number of alkyl halides is 1. The summed E-state index contributed by atoms with van der Waals surface area (Å²) in [6, 6.07) is 12.7. The average molecular weight is 511 g/mol. The number of amides is 1. The Hall–Kier alpha value is -3.17. The summed E-state index contributed by atoms with van der Waals surface area (Å²) < 4.78 is 31.0. The molecule has 9 heteroatoms. The van der Waals surface area contributed by atoms with Crippen LogP contribution in [-0.2, 0) is 6.54 Å². The molecule has 4 rings (SSSR count). The molecule has 1 amide bonds. The lowest BCUT2D eigenvalue weighted by Crippen LogP contribution is -2.42. The maximum atomic E-state index is 14.8. The lowest BCUT2D eigenvalue weighted by Gasteiger charge is -2.36. The van der Waals surface area contributed by atoms with Gasteiger partial charge in [-0.15, -0.1) is 5.10 Å². The Balaban J connectivity index is 1.40. The molecule has 1 saturated heterocycles. The smallest absolute Gasteiger partial charge is 0.265 e. The van der Waals surface area contributed by atoms with Gasteiger partial charge in [0.05, 0.1) is 12.7 Å². The number of hydrogen-bond acceptors (Lipinski definition) is 5. The number of likely N-dealkylation sites (tertiary alicyclic amines) is 1. The van der Waals surface area contributed by atoms with Gasteiger partial charge in [-0.3, -0.25) is 10.2 Å². The Morgan fingerprint density at radius 1 is 1.14 bits per heavy atom. The first-order valence-electron chi connectivity index (χ1n) is 13.0. The number of rotatable bonds is 10. The first-order chi connectivity index (χ1) is 17.8. The molecule has 198 valence electrons. The molecule has 2 N–H and O–H groups in total. The predicted octanol–water partition coefficient (Wildman–Crippen LogP) is 4.70. The molecule has 0 saturated carbocycles. The van der Waals surface area contributed by atoms with Crippen molar-refractivity contribution >= 4 is 5.91 Å². The molecule has 0 aliphatic carbocycles. The summed E-state index contributed by atoms with van der Waals surface area (Å²) in [6.45, 7) is 6.38. The second kappa shape index (κ2) is 11.9. The number of hydrazine groups is 1. The second-order valence-corrected chi connectivity index (χ2v) is 9.85. The topological polar surface area (TPSA) is 75.1 Å². The van der Waals surface area contributed by atoms with Crippen molar-refractivity contribution in [1.82, 2.24) is 30.7 Å². The first kappa shape index (κ1) is 26.9. The highest BCUT2D eigenvalue weighted by atomic mass is 19.1. The van der Waals surface area contributed by atoms with E-state index < -0.39 is 17.4 Å². The van der Waals surface area contributed by atoms with Gasteiger partial charge in [0.15, 0.2) is 0 Å². The highest BCUT2D eigenvalue weighted by Crippen LogP contribution is 2.32. The van der Waals surface area contributed by atoms with Crippen molar-refractivity contribution in [3.63, 3.8) is 0 Å². The fraction of sp³-hybridized carbons (Fsp3) is 0.464. The van der Waals surface area contributed by atoms with Crippen LogP contribution in [0.3, 0.4) is 0 Å². The molecule has 0 spiro atoms. The number of halogens is 2. The molecule has 0 atom stereocenters. The molecule has 1 aromatic heterocycles. The molecule has 3 aromatic rings. The Morgan fingerprint density at radius 2 is 1.89 bits per heavy atom. The molecule has 37 heavy (non-hydrogen) atoms. The summed E-state index contributed by atoms with van der Waals surface area (Å²) in [6.07, 6.45) is 4.91. The van der Waals surface area contributed by atoms with Crippen LogP contribution in [0.15, 0.2) is 48.7 Å². The molecule has 1 aliphatic rings. The van der Waals surface area contributed by atoms with E-state index in [-0.39, 0.29) is 12.1 Å². The number of aromatic nitrogens is 3. The van der Waals surface area contributed by atoms with Crippen LogP contribution in [0.1, 0.15) is 66.9 Å². The summed E-state index contributed by atoms with van der Waals surface area (Å²) in [7, 11) is 1.57. The van der Waals surface area contributed by atoms with E-state index in [2.05, 4.69) is 38.2 Å². The van der Waals surface area contributed by atoms with Gasteiger partial charge in [-0.1, -0.05) is 43.3 Å². The Labute approximate surface area is 217 Å². The maximum absolute atomic E-state index is 14.8. The van der Waals surface area contributed by atoms with E-state index in [0.717, 1.165) is 37.2 Å². The van der Waals surface area contributed by atoms with Gasteiger partial charge < -0.3 is 4.90 Å². The number of carbonyl (C=O) groups is 1. The molecule has 0 bridgehead atoms. The summed E-state index contributed by atoms with van der Waals surface area (Å²) in [5.74, 6) is -0.452. The third-order valence-corrected chi connectivity index (χ3v) is 7.44. The average Bonchev–Trinajstić information content (AvgIpc) is 3.39. The van der Waals surface area contributed by atoms with E-state index in [1.165, 1.54) is 11.6 Å². The minimum Gasteiger partial charge on any atom is -0.300 e. The van der Waals surface area contributed by atoms with Gasteiger partial charge in [0, 0.05) is 30.3 Å². The summed E-state index contributed by atoms with van der Waals surface area (Å²) in [5.41, 5.74) is 7.46. The fourth-order valence-corrected chi connectivity index (χ4v) is 4.94. The van der Waals surface area contributed by atoms with Crippen LogP contribution >= 0.6 is 0 Å². The lowest BCUT2D eigenvalue weighted by molar-refractivity contribution is 0.0702. The minimum atomic E-state index is -1.09. The quantitative estimate of drug-likeness (QED) is 0.387. The number of hydrogen-bond donors (Lipinski definition) is 2. The fourth-order valence-electron chi connectivity index (χ4n) is 4.94. The molecule has 7 nitrogen and oxygen atoms in total. The van der Waals surface area contributed by atoms with E-state index in [1.807, 2.05) is 26.0 Å². The van der Waals surface area contributed by atoms with E-state index in [4.69, 9.17) is 0 Å². The zero-order valence-electron chi connectivity index (χ0n) is 21.8. The summed E-state index contributed by atoms with van der Waals surface area (Å²) >= 11 is 0. The molecule has 1 fully saturated rings. The highest BCUT2D eigenvalue weighted by Gasteiger charge is 2.30. The lowest BCUT2D eigenvalue weighted by atomic mass is 9.87. The van der Waals surface area contributed by atoms with Crippen LogP contribution in [0.25, 0.3) is 11.3 Å². The standard InChI is InChI=1S/C28H36F2N6O/c1-4-28(30,5-2)19-35-13-11-20(12-14-35)21-7-6-8-22(15-21)26-18-36(34-32-26)17-24-10-9-23(16-25(24)29)27(37)33-31-3/h6-10,15-16,18,20,31H,4-5,11-14,17,19H2,1-3H3,(H,33,37). The third-order valence-electron chi connectivity index (χ3n) is 7.44. The normalized spacial score (nSPS) is 15.2. The van der Waals surface area contributed by atoms with Crippen molar-refractivity contribution in [3.8, 4) is 11.3 Å². The Kier molecular flexibility index (Phi) is 8.66. The second-order valence-electron chi connectivity index (χ2n) is 9.85. The summed E-state index contributed by atoms with van der Waals surface area (Å²) in [5, 5.41) is 8.49. The number of carbonyl (C=O) groups excluding carboxylic acids is 1. The van der Waals surface area contributed by atoms with Crippen molar-refractivity contribution in [2.75, 3.05) is 26.7 Å². The maximum Gasteiger partial charge on any atom is 0.265 e. The van der Waals surface area contributed by atoms with Gasteiger partial charge in [0.2, 0.25) is 0 Å². The van der Waals surface area contributed by atoms with Crippen LogP contribution in [0.2, 0.25) is 0 Å². The van der Waals surface area contributed by atoms with Gasteiger partial charge in [0.25, 0.3) is 5.91 Å². The SMILES string of the molecule is CCC(F)(CC)CN1CCC(c2cccc(-c3cn(Cc4ccc(C(=O)NNC)cc4F)nn3)c2)CC1. The zero-order chi connectivity index (χ0) is 26.4. The van der Waals surface area contributed by atoms with Crippen molar-refractivity contribution in [1.29, 1.82) is 0 Å². The van der Waals surface area contributed by atoms with Crippen LogP contribution < -0.4 is 10.9 Å². The van der Waals surface area contributed by atoms with Crippen molar-refractivity contribution in [2.45, 2.75) is 57.7 Å². The van der Waals surface area contributed by atoms with Crippen molar-refractivity contribution in [2.24, 2.45) is 0 Å². The van der Waals surface area contributed by atoms with Crippen molar-refractivity contribution < 1.29 is 13.6 Å². The molecular formula is C28H36F2N6O. The number of benzene rings is 2. The van der Waals surface area contributed by atoms with E-state index in [9.17, 15) is 13.6 Å². The molecule has 2 aromatic carbocycles. The van der Waals surface area contributed by atoms with E-state index >= 15 is 0 Å². The molecule has 2 heterocycles. The van der Waals surface area contributed by atoms with Crippen LogP contribution in [0, 0.1) is 5.82 Å². The first-order valence-corrected chi connectivity index (χ1v) is 13.0. The monoisotopic (exact) mass is 510 g/mol. The van der Waals surface area contributed by atoms with E-state index in [1.54, 1.807) is 30.1 Å². The van der Waals surface area contributed by atoms with Gasteiger partial charge in [-0.05, 0) is 68.5 Å². The third kappa shape index (κ3) is 6.59. The van der Waals surface area contributed by atoms with Gasteiger partial charge in [-0.25, -0.2) is 18.9 Å². The largest absolute Gasteiger partial charge is 0.300 e. The van der Waals surface area contributed by atoms with Gasteiger partial charge in [0.1, 0.15) is 17.2 Å². The van der Waals surface area contributed by atoms with Crippen molar-refractivity contribution in [3.05, 3.63) is 71.2 Å². The molecule has 1 aliphatic heterocycles. The van der Waals surface area contributed by atoms with Crippen LogP contribution in [0.4, 0.5) is 8.78 Å². The zero-order valence-corrected chi connectivity index (χ0v) is 21.8. The van der Waals surface area contributed by atoms with Crippen LogP contribution in [-0.4, -0.2) is 58.2 Å². The number of nitrogens with zero attached hydrogens (tertiary/aromatic N) is 4. The number of nitrogens with one attached hydrogen (secondary N) is 2.